The van der Waals surface area contributed by atoms with Crippen LogP contribution in [0.25, 0.3) is 11.3 Å². The number of hydrogen-bond donors (Lipinski definition) is 3. The van der Waals surface area contributed by atoms with Gasteiger partial charge in [0.1, 0.15) is 11.6 Å². The van der Waals surface area contributed by atoms with E-state index >= 15 is 0 Å². The first-order valence-corrected chi connectivity index (χ1v) is 11.1. The van der Waals surface area contributed by atoms with Crippen molar-refractivity contribution in [2.45, 2.75) is 31.4 Å². The lowest BCUT2D eigenvalue weighted by Gasteiger charge is -2.28. The van der Waals surface area contributed by atoms with Crippen LogP contribution in [-0.4, -0.2) is 54.4 Å². The molecule has 0 aromatic carbocycles. The topological polar surface area (TPSA) is 88.2 Å². The van der Waals surface area contributed by atoms with Gasteiger partial charge >= 0.3 is 0 Å². The van der Waals surface area contributed by atoms with Crippen LogP contribution < -0.4 is 16.0 Å². The minimum Gasteiger partial charge on any atom is -0.381 e. The Morgan fingerprint density at radius 2 is 2.16 bits per heavy atom. The van der Waals surface area contributed by atoms with Crippen LogP contribution in [0.1, 0.15) is 25.7 Å². The van der Waals surface area contributed by atoms with Crippen LogP contribution in [0.3, 0.4) is 0 Å². The fourth-order valence-electron chi connectivity index (χ4n) is 3.88. The molecular weight excluding hydrogens is 421 g/mol. The quantitative estimate of drug-likeness (QED) is 0.626. The first kappa shape index (κ1) is 21.9. The smallest absolute Gasteiger partial charge is 0.264 e. The third-order valence-electron chi connectivity index (χ3n) is 5.77. The van der Waals surface area contributed by atoms with E-state index in [1.807, 2.05) is 18.2 Å². The fourth-order valence-corrected chi connectivity index (χ4v) is 4.08. The van der Waals surface area contributed by atoms with Gasteiger partial charge in [-0.15, -0.1) is 0 Å². The number of carbonyl (C=O) groups is 1. The molecule has 2 aromatic rings. The number of piperidine rings is 1. The predicted octanol–water partition coefficient (Wildman–Crippen LogP) is 3.67. The molecule has 0 bridgehead atoms. The molecular formula is C22H27ClFN5O2. The van der Waals surface area contributed by atoms with Crippen molar-refractivity contribution in [3.63, 3.8) is 0 Å². The van der Waals surface area contributed by atoms with Crippen LogP contribution in [0.2, 0.25) is 5.02 Å². The van der Waals surface area contributed by atoms with E-state index in [0.29, 0.717) is 35.2 Å². The maximum absolute atomic E-state index is 14.9. The summed E-state index contributed by atoms with van der Waals surface area (Å²) in [6.07, 6.45) is 4.32. The van der Waals surface area contributed by atoms with Crippen molar-refractivity contribution < 1.29 is 13.9 Å². The summed E-state index contributed by atoms with van der Waals surface area (Å²) in [5, 5.41) is 9.31. The molecule has 4 rings (SSSR count). The number of nitrogens with one attached hydrogen (secondary N) is 3. The number of rotatable bonds is 6. The third-order valence-corrected chi connectivity index (χ3v) is 6.07. The zero-order chi connectivity index (χ0) is 21.7. The Balaban J connectivity index is 1.47. The molecule has 9 heteroatoms. The summed E-state index contributed by atoms with van der Waals surface area (Å²) in [6.45, 7) is 3.15. The van der Waals surface area contributed by atoms with Crippen molar-refractivity contribution in [3.8, 4) is 11.3 Å². The number of halogens is 2. The van der Waals surface area contributed by atoms with E-state index in [1.165, 1.54) is 6.20 Å². The zero-order valence-corrected chi connectivity index (χ0v) is 18.1. The second-order valence-electron chi connectivity index (χ2n) is 8.09. The van der Waals surface area contributed by atoms with E-state index in [0.717, 1.165) is 38.4 Å². The Bertz CT molecular complexity index is 917. The SMILES string of the molecule is O=C(Nc1cc(-c2cccc(NCC3CCOCC3)n2)c(Cl)cn1)[C@@]1(F)CCCNC1. The summed E-state index contributed by atoms with van der Waals surface area (Å²) in [6, 6.07) is 7.27. The molecule has 0 spiro atoms. The molecule has 31 heavy (non-hydrogen) atoms. The first-order valence-electron chi connectivity index (χ1n) is 10.7. The van der Waals surface area contributed by atoms with E-state index in [2.05, 4.69) is 25.9 Å². The molecule has 2 aliphatic rings. The number of amides is 1. The maximum Gasteiger partial charge on any atom is 0.264 e. The highest BCUT2D eigenvalue weighted by molar-refractivity contribution is 6.33. The van der Waals surface area contributed by atoms with Gasteiger partial charge in [-0.1, -0.05) is 17.7 Å². The molecule has 0 radical (unpaired) electrons. The minimum atomic E-state index is -1.94. The van der Waals surface area contributed by atoms with Crippen molar-refractivity contribution in [3.05, 3.63) is 35.5 Å². The molecule has 2 aromatic heterocycles. The highest BCUT2D eigenvalue weighted by Gasteiger charge is 2.40. The van der Waals surface area contributed by atoms with E-state index in [9.17, 15) is 9.18 Å². The summed E-state index contributed by atoms with van der Waals surface area (Å²) >= 11 is 6.36. The predicted molar refractivity (Wildman–Crippen MR) is 119 cm³/mol. The third kappa shape index (κ3) is 5.50. The van der Waals surface area contributed by atoms with Gasteiger partial charge in [-0.25, -0.2) is 14.4 Å². The lowest BCUT2D eigenvalue weighted by molar-refractivity contribution is -0.128. The number of anilines is 2. The number of hydrogen-bond acceptors (Lipinski definition) is 6. The summed E-state index contributed by atoms with van der Waals surface area (Å²) in [5.41, 5.74) is -0.670. The standard InChI is InChI=1S/C22H27ClFN5O2/c23-17-13-27-20(29-21(30)22(24)7-2-8-25-14-22)11-16(17)18-3-1-4-19(28-18)26-12-15-5-9-31-10-6-15/h1,3-4,11,13,15,25H,2,5-10,12,14H2,(H,26,28)(H,27,29,30)/t22-/m1/s1. The summed E-state index contributed by atoms with van der Waals surface area (Å²) in [7, 11) is 0. The molecule has 3 N–H and O–H groups in total. The lowest BCUT2D eigenvalue weighted by Crippen LogP contribution is -2.50. The Morgan fingerprint density at radius 1 is 1.32 bits per heavy atom. The van der Waals surface area contributed by atoms with Gasteiger partial charge in [0.05, 0.1) is 10.7 Å². The molecule has 4 heterocycles. The van der Waals surface area contributed by atoms with E-state index in [-0.39, 0.29) is 18.8 Å². The highest BCUT2D eigenvalue weighted by Crippen LogP contribution is 2.30. The largest absolute Gasteiger partial charge is 0.381 e. The Hall–Kier alpha value is -2.29. The second-order valence-corrected chi connectivity index (χ2v) is 8.50. The number of nitrogens with zero attached hydrogens (tertiary/aromatic N) is 2. The Labute approximate surface area is 186 Å². The Morgan fingerprint density at radius 3 is 2.94 bits per heavy atom. The van der Waals surface area contributed by atoms with Crippen LogP contribution in [0.15, 0.2) is 30.5 Å². The summed E-state index contributed by atoms with van der Waals surface area (Å²) in [5.74, 6) is 0.862. The van der Waals surface area contributed by atoms with Crippen molar-refractivity contribution >= 4 is 29.1 Å². The molecule has 1 amide bonds. The minimum absolute atomic E-state index is 0.00166. The van der Waals surface area contributed by atoms with Crippen molar-refractivity contribution in [2.75, 3.05) is 43.5 Å². The molecule has 2 aliphatic heterocycles. The molecule has 2 saturated heterocycles. The molecule has 7 nitrogen and oxygen atoms in total. The van der Waals surface area contributed by atoms with Gasteiger partial charge in [0.25, 0.3) is 5.91 Å². The van der Waals surface area contributed by atoms with Crippen LogP contribution in [0.4, 0.5) is 16.0 Å². The highest BCUT2D eigenvalue weighted by atomic mass is 35.5. The van der Waals surface area contributed by atoms with Crippen molar-refractivity contribution in [1.29, 1.82) is 0 Å². The van der Waals surface area contributed by atoms with E-state index < -0.39 is 11.6 Å². The lowest BCUT2D eigenvalue weighted by atomic mass is 9.95. The normalized spacial score (nSPS) is 22.1. The number of carbonyl (C=O) groups excluding carboxylic acids is 1. The molecule has 0 unspecified atom stereocenters. The van der Waals surface area contributed by atoms with Crippen molar-refractivity contribution in [1.82, 2.24) is 15.3 Å². The van der Waals surface area contributed by atoms with Crippen LogP contribution >= 0.6 is 11.6 Å². The summed E-state index contributed by atoms with van der Waals surface area (Å²) < 4.78 is 20.3. The maximum atomic E-state index is 14.9. The number of aromatic nitrogens is 2. The molecule has 2 fully saturated rings. The molecule has 0 saturated carbocycles. The van der Waals surface area contributed by atoms with Gasteiger partial charge in [-0.05, 0) is 56.3 Å². The van der Waals surface area contributed by atoms with Crippen LogP contribution in [0.5, 0.6) is 0 Å². The molecule has 166 valence electrons. The zero-order valence-electron chi connectivity index (χ0n) is 17.3. The van der Waals surface area contributed by atoms with Gasteiger partial charge in [-0.2, -0.15) is 0 Å². The van der Waals surface area contributed by atoms with Crippen LogP contribution in [-0.2, 0) is 9.53 Å². The Kier molecular flexibility index (Phi) is 6.99. The van der Waals surface area contributed by atoms with E-state index in [1.54, 1.807) is 6.07 Å². The monoisotopic (exact) mass is 447 g/mol. The van der Waals surface area contributed by atoms with Gasteiger partial charge in [0, 0.05) is 38.1 Å². The van der Waals surface area contributed by atoms with Crippen LogP contribution in [0, 0.1) is 5.92 Å². The average molecular weight is 448 g/mol. The molecule has 0 aliphatic carbocycles. The van der Waals surface area contributed by atoms with Crippen molar-refractivity contribution in [2.24, 2.45) is 5.92 Å². The number of alkyl halides is 1. The fraction of sp³-hybridized carbons (Fsp3) is 0.500. The number of ether oxygens (including phenoxy) is 1. The summed E-state index contributed by atoms with van der Waals surface area (Å²) in [4.78, 5) is 21.3. The number of pyridine rings is 2. The second kappa shape index (κ2) is 9.89. The van der Waals surface area contributed by atoms with Gasteiger partial charge in [0.2, 0.25) is 5.67 Å². The van der Waals surface area contributed by atoms with E-state index in [4.69, 9.17) is 16.3 Å². The average Bonchev–Trinajstić information content (AvgIpc) is 2.80. The van der Waals surface area contributed by atoms with Gasteiger partial charge < -0.3 is 20.7 Å². The van der Waals surface area contributed by atoms with Gasteiger partial charge in [-0.3, -0.25) is 4.79 Å². The van der Waals surface area contributed by atoms with Gasteiger partial charge in [0.15, 0.2) is 0 Å². The molecule has 1 atom stereocenters. The first-order chi connectivity index (χ1) is 15.0.